The Kier molecular flexibility index (Phi) is 6.21. The fourth-order valence-electron chi connectivity index (χ4n) is 4.24. The lowest BCUT2D eigenvalue weighted by Gasteiger charge is -2.20. The van der Waals surface area contributed by atoms with Crippen LogP contribution in [0, 0.1) is 13.8 Å². The van der Waals surface area contributed by atoms with Crippen LogP contribution in [0.5, 0.6) is 0 Å². The summed E-state index contributed by atoms with van der Waals surface area (Å²) in [6, 6.07) is 24.2. The van der Waals surface area contributed by atoms with Crippen molar-refractivity contribution in [3.8, 4) is 0 Å². The lowest BCUT2D eigenvalue weighted by Crippen LogP contribution is -2.16. The normalized spacial score (nSPS) is 11.9. The van der Waals surface area contributed by atoms with Gasteiger partial charge in [-0.15, -0.1) is 0 Å². The smallest absolute Gasteiger partial charge is 0.255 e. The molecule has 6 nitrogen and oxygen atoms in total. The highest BCUT2D eigenvalue weighted by Crippen LogP contribution is 2.35. The van der Waals surface area contributed by atoms with Crippen LogP contribution in [0.25, 0.3) is 10.9 Å². The number of hydrogen-bond acceptors (Lipinski definition) is 4. The lowest BCUT2D eigenvalue weighted by atomic mass is 9.99. The number of carbonyl (C=O) groups is 1. The third-order valence-electron chi connectivity index (χ3n) is 5.83. The van der Waals surface area contributed by atoms with Gasteiger partial charge in [0.1, 0.15) is 5.82 Å². The van der Waals surface area contributed by atoms with E-state index in [0.717, 1.165) is 39.4 Å². The van der Waals surface area contributed by atoms with E-state index >= 15 is 0 Å². The molecule has 0 radical (unpaired) electrons. The lowest BCUT2D eigenvalue weighted by molar-refractivity contribution is 0.102. The van der Waals surface area contributed by atoms with Gasteiger partial charge in [0.15, 0.2) is 0 Å². The Morgan fingerprint density at radius 3 is 2.60 bits per heavy atom. The molecule has 0 aliphatic heterocycles. The van der Waals surface area contributed by atoms with Crippen molar-refractivity contribution in [3.05, 3.63) is 118 Å². The van der Waals surface area contributed by atoms with Gasteiger partial charge in [-0.05, 0) is 74.5 Å². The van der Waals surface area contributed by atoms with Crippen molar-refractivity contribution in [2.24, 2.45) is 0 Å². The molecule has 5 rings (SSSR count). The number of rotatable bonds is 6. The Labute approximate surface area is 208 Å². The molecule has 1 amide bonds. The molecule has 0 spiro atoms. The van der Waals surface area contributed by atoms with Gasteiger partial charge in [0.25, 0.3) is 5.91 Å². The first-order valence-corrected chi connectivity index (χ1v) is 11.7. The van der Waals surface area contributed by atoms with Crippen LogP contribution in [0.2, 0.25) is 5.02 Å². The number of H-pyrrole nitrogens is 1. The molecule has 0 bridgehead atoms. The Bertz CT molecular complexity index is 1510. The van der Waals surface area contributed by atoms with E-state index in [0.29, 0.717) is 16.3 Å². The molecule has 3 heterocycles. The number of fused-ring (bicyclic) bond motifs is 1. The molecule has 3 N–H and O–H groups in total. The van der Waals surface area contributed by atoms with Gasteiger partial charge in [0, 0.05) is 50.3 Å². The number of carbonyl (C=O) groups excluding carboxylic acids is 1. The highest BCUT2D eigenvalue weighted by atomic mass is 35.5. The summed E-state index contributed by atoms with van der Waals surface area (Å²) in [5, 5.41) is 8.07. The predicted octanol–water partition coefficient (Wildman–Crippen LogP) is 6.68. The largest absolute Gasteiger partial charge is 0.358 e. The maximum atomic E-state index is 12.8. The molecule has 35 heavy (non-hydrogen) atoms. The van der Waals surface area contributed by atoms with E-state index in [4.69, 9.17) is 11.6 Å². The second-order valence-corrected chi connectivity index (χ2v) is 8.82. The number of nitrogens with zero attached hydrogens (tertiary/aromatic N) is 2. The number of amides is 1. The van der Waals surface area contributed by atoms with Crippen LogP contribution in [0.1, 0.15) is 39.0 Å². The van der Waals surface area contributed by atoms with Crippen molar-refractivity contribution in [2.75, 3.05) is 10.6 Å². The topological polar surface area (TPSA) is 82.7 Å². The van der Waals surface area contributed by atoms with E-state index in [9.17, 15) is 4.79 Å². The SMILES string of the molecule is Cc1cccc(N[C@@H](c2ccccn2)c2c(C)[nH]c3ccc(NC(=O)c4cccc(Cl)c4)cc23)n1. The standard InChI is InChI=1S/C28H24ClN5O/c1-17-7-5-11-25(31-17)34-27(24-10-3-4-14-30-24)26-18(2)32-23-13-12-21(16-22(23)26)33-28(35)19-8-6-9-20(29)15-19/h3-16,27,32H,1-2H3,(H,31,34)(H,33,35)/t27-/m0/s1. The molecule has 0 unspecified atom stereocenters. The summed E-state index contributed by atoms with van der Waals surface area (Å²) >= 11 is 6.06. The average Bonchev–Trinajstić information content (AvgIpc) is 3.18. The fraction of sp³-hybridized carbons (Fsp3) is 0.107. The summed E-state index contributed by atoms with van der Waals surface area (Å²) in [7, 11) is 0. The van der Waals surface area contributed by atoms with Gasteiger partial charge >= 0.3 is 0 Å². The molecular weight excluding hydrogens is 458 g/mol. The van der Waals surface area contributed by atoms with E-state index in [1.807, 2.05) is 68.4 Å². The molecule has 0 aliphatic carbocycles. The van der Waals surface area contributed by atoms with Crippen molar-refractivity contribution < 1.29 is 4.79 Å². The zero-order chi connectivity index (χ0) is 24.4. The van der Waals surface area contributed by atoms with E-state index in [1.165, 1.54) is 0 Å². The van der Waals surface area contributed by atoms with Crippen molar-refractivity contribution in [2.45, 2.75) is 19.9 Å². The minimum absolute atomic E-state index is 0.219. The van der Waals surface area contributed by atoms with Gasteiger partial charge in [-0.2, -0.15) is 0 Å². The Hall–Kier alpha value is -4.16. The zero-order valence-corrected chi connectivity index (χ0v) is 20.1. The van der Waals surface area contributed by atoms with Gasteiger partial charge in [0.05, 0.1) is 11.7 Å². The van der Waals surface area contributed by atoms with Gasteiger partial charge in [0.2, 0.25) is 0 Å². The molecule has 0 aliphatic rings. The van der Waals surface area contributed by atoms with Crippen LogP contribution in [0.3, 0.4) is 0 Å². The molecule has 0 saturated heterocycles. The Morgan fingerprint density at radius 1 is 0.971 bits per heavy atom. The van der Waals surface area contributed by atoms with Crippen molar-refractivity contribution in [1.29, 1.82) is 0 Å². The van der Waals surface area contributed by atoms with E-state index in [2.05, 4.69) is 25.6 Å². The van der Waals surface area contributed by atoms with Crippen LogP contribution in [0.15, 0.2) is 85.1 Å². The first-order valence-electron chi connectivity index (χ1n) is 11.3. The molecule has 0 saturated carbocycles. The minimum atomic E-state index is -0.252. The molecule has 3 aromatic heterocycles. The first-order chi connectivity index (χ1) is 17.0. The number of nitrogens with one attached hydrogen (secondary N) is 3. The number of aryl methyl sites for hydroxylation is 2. The highest BCUT2D eigenvalue weighted by molar-refractivity contribution is 6.31. The molecule has 7 heteroatoms. The van der Waals surface area contributed by atoms with E-state index in [1.54, 1.807) is 30.5 Å². The number of benzene rings is 2. The first kappa shape index (κ1) is 22.6. The summed E-state index contributed by atoms with van der Waals surface area (Å²) in [5.74, 6) is 0.545. The third kappa shape index (κ3) is 4.88. The number of aromatic amines is 1. The molecule has 1 atom stereocenters. The predicted molar refractivity (Wildman–Crippen MR) is 141 cm³/mol. The molecule has 174 valence electrons. The highest BCUT2D eigenvalue weighted by Gasteiger charge is 2.23. The molecular formula is C28H24ClN5O. The average molecular weight is 482 g/mol. The molecule has 5 aromatic rings. The van der Waals surface area contributed by atoms with Crippen molar-refractivity contribution in [3.63, 3.8) is 0 Å². The van der Waals surface area contributed by atoms with Gasteiger partial charge in [-0.3, -0.25) is 9.78 Å². The summed E-state index contributed by atoms with van der Waals surface area (Å²) in [4.78, 5) is 25.6. The van der Waals surface area contributed by atoms with Crippen LogP contribution >= 0.6 is 11.6 Å². The van der Waals surface area contributed by atoms with Gasteiger partial charge in [-0.1, -0.05) is 29.8 Å². The fourth-order valence-corrected chi connectivity index (χ4v) is 4.43. The van der Waals surface area contributed by atoms with E-state index < -0.39 is 0 Å². The number of pyridine rings is 2. The number of anilines is 2. The van der Waals surface area contributed by atoms with Crippen LogP contribution in [0.4, 0.5) is 11.5 Å². The maximum Gasteiger partial charge on any atom is 0.255 e. The van der Waals surface area contributed by atoms with Gasteiger partial charge in [-0.25, -0.2) is 4.98 Å². The second kappa shape index (κ2) is 9.60. The molecule has 2 aromatic carbocycles. The third-order valence-corrected chi connectivity index (χ3v) is 6.07. The summed E-state index contributed by atoms with van der Waals surface area (Å²) in [5.41, 5.74) is 6.01. The van der Waals surface area contributed by atoms with Gasteiger partial charge < -0.3 is 15.6 Å². The number of halogens is 1. The maximum absolute atomic E-state index is 12.8. The molecule has 0 fully saturated rings. The number of hydrogen-bond donors (Lipinski definition) is 3. The van der Waals surface area contributed by atoms with Crippen molar-refractivity contribution in [1.82, 2.24) is 15.0 Å². The Morgan fingerprint density at radius 2 is 1.83 bits per heavy atom. The second-order valence-electron chi connectivity index (χ2n) is 8.38. The monoisotopic (exact) mass is 481 g/mol. The summed E-state index contributed by atoms with van der Waals surface area (Å²) in [6.45, 7) is 4.01. The summed E-state index contributed by atoms with van der Waals surface area (Å²) in [6.07, 6.45) is 1.79. The quantitative estimate of drug-likeness (QED) is 0.252. The minimum Gasteiger partial charge on any atom is -0.358 e. The van der Waals surface area contributed by atoms with Crippen LogP contribution in [-0.4, -0.2) is 20.9 Å². The van der Waals surface area contributed by atoms with Crippen molar-refractivity contribution >= 4 is 39.9 Å². The Balaban J connectivity index is 1.56. The van der Waals surface area contributed by atoms with Crippen LogP contribution < -0.4 is 10.6 Å². The zero-order valence-electron chi connectivity index (χ0n) is 19.3. The number of aromatic nitrogens is 3. The van der Waals surface area contributed by atoms with Crippen LogP contribution in [-0.2, 0) is 0 Å². The summed E-state index contributed by atoms with van der Waals surface area (Å²) < 4.78 is 0. The van der Waals surface area contributed by atoms with E-state index in [-0.39, 0.29) is 11.9 Å².